The third kappa shape index (κ3) is 4.64. The quantitative estimate of drug-likeness (QED) is 0.277. The minimum atomic E-state index is -2.14. The SMILES string of the molecule is [2H]C(O[C@@H]([C@H](O)[C@H](O)CO)[C@@H](O)C=O)C(=O)O. The Morgan fingerprint density at radius 1 is 1.44 bits per heavy atom. The fourth-order valence-corrected chi connectivity index (χ4v) is 0.904. The van der Waals surface area contributed by atoms with Crippen molar-refractivity contribution in [2.75, 3.05) is 13.2 Å². The van der Waals surface area contributed by atoms with E-state index >= 15 is 0 Å². The van der Waals surface area contributed by atoms with Crippen LogP contribution in [0, 0.1) is 0 Å². The summed E-state index contributed by atoms with van der Waals surface area (Å²) in [6.07, 6.45) is -7.46. The first-order valence-electron chi connectivity index (χ1n) is 4.83. The number of rotatable bonds is 8. The number of aliphatic hydroxyl groups is 4. The van der Waals surface area contributed by atoms with Gasteiger partial charge in [-0.15, -0.1) is 0 Å². The molecule has 94 valence electrons. The summed E-state index contributed by atoms with van der Waals surface area (Å²) in [4.78, 5) is 20.7. The number of hydrogen-bond donors (Lipinski definition) is 5. The van der Waals surface area contributed by atoms with Crippen LogP contribution in [-0.4, -0.2) is 75.4 Å². The van der Waals surface area contributed by atoms with E-state index in [0.717, 1.165) is 0 Å². The van der Waals surface area contributed by atoms with E-state index in [1.807, 2.05) is 0 Å². The van der Waals surface area contributed by atoms with E-state index < -0.39 is 43.6 Å². The molecule has 0 aromatic rings. The highest BCUT2D eigenvalue weighted by atomic mass is 16.5. The Hall–Kier alpha value is -1.06. The van der Waals surface area contributed by atoms with Crippen molar-refractivity contribution in [1.29, 1.82) is 0 Å². The van der Waals surface area contributed by atoms with Crippen molar-refractivity contribution in [1.82, 2.24) is 0 Å². The maximum absolute atomic E-state index is 10.3. The van der Waals surface area contributed by atoms with Gasteiger partial charge < -0.3 is 35.1 Å². The van der Waals surface area contributed by atoms with Crippen molar-refractivity contribution in [3.8, 4) is 0 Å². The average molecular weight is 239 g/mol. The second-order valence-corrected chi connectivity index (χ2v) is 2.92. The Morgan fingerprint density at radius 2 is 2.00 bits per heavy atom. The molecule has 0 spiro atoms. The molecule has 0 saturated heterocycles. The molecule has 0 aliphatic carbocycles. The van der Waals surface area contributed by atoms with Gasteiger partial charge in [0.2, 0.25) is 0 Å². The van der Waals surface area contributed by atoms with Gasteiger partial charge in [-0.05, 0) is 0 Å². The summed E-state index contributed by atoms with van der Waals surface area (Å²) in [6.45, 7) is -3.03. The second-order valence-electron chi connectivity index (χ2n) is 2.92. The molecule has 1 unspecified atom stereocenters. The van der Waals surface area contributed by atoms with Gasteiger partial charge in [0.1, 0.15) is 31.0 Å². The molecule has 0 amide bonds. The highest BCUT2D eigenvalue weighted by molar-refractivity contribution is 5.68. The molecule has 0 aromatic carbocycles. The summed E-state index contributed by atoms with van der Waals surface area (Å²) >= 11 is 0. The number of aliphatic carboxylic acids is 1. The molecule has 5 N–H and O–H groups in total. The first-order valence-corrected chi connectivity index (χ1v) is 4.26. The van der Waals surface area contributed by atoms with Crippen LogP contribution in [0.1, 0.15) is 1.37 Å². The lowest BCUT2D eigenvalue weighted by Crippen LogP contribution is -2.48. The van der Waals surface area contributed by atoms with Crippen LogP contribution in [0.25, 0.3) is 0 Å². The van der Waals surface area contributed by atoms with Crippen molar-refractivity contribution in [2.24, 2.45) is 0 Å². The van der Waals surface area contributed by atoms with Crippen LogP contribution < -0.4 is 0 Å². The second kappa shape index (κ2) is 7.25. The highest BCUT2D eigenvalue weighted by Crippen LogP contribution is 2.08. The van der Waals surface area contributed by atoms with Gasteiger partial charge in [-0.1, -0.05) is 0 Å². The van der Waals surface area contributed by atoms with Gasteiger partial charge in [0.05, 0.1) is 7.98 Å². The average Bonchev–Trinajstić information content (AvgIpc) is 2.32. The van der Waals surface area contributed by atoms with Crippen molar-refractivity contribution in [3.05, 3.63) is 0 Å². The largest absolute Gasteiger partial charge is 0.480 e. The first kappa shape index (κ1) is 13.0. The van der Waals surface area contributed by atoms with E-state index in [-0.39, 0.29) is 6.29 Å². The molecule has 0 bridgehead atoms. The van der Waals surface area contributed by atoms with E-state index in [0.29, 0.717) is 0 Å². The van der Waals surface area contributed by atoms with Crippen LogP contribution in [0.15, 0.2) is 0 Å². The fourth-order valence-electron chi connectivity index (χ4n) is 0.904. The lowest BCUT2D eigenvalue weighted by Gasteiger charge is -2.26. The maximum Gasteiger partial charge on any atom is 0.329 e. The lowest BCUT2D eigenvalue weighted by atomic mass is 10.0. The molecule has 0 aliphatic heterocycles. The highest BCUT2D eigenvalue weighted by Gasteiger charge is 2.33. The standard InChI is InChI=1S/C8H14O8/c9-1-4(11)7(15)8(5(12)2-10)16-3-6(13)14/h2,4-5,7-9,11-12,15H,1,3H2,(H,13,14)/t4-,5+,7-,8-/m1/s1/i3D/t3?,4-,5+,7-,8-. The predicted molar refractivity (Wildman–Crippen MR) is 48.5 cm³/mol. The zero-order valence-electron chi connectivity index (χ0n) is 9.13. The first-order chi connectivity index (χ1) is 7.84. The summed E-state index contributed by atoms with van der Waals surface area (Å²) in [5, 5.41) is 44.5. The van der Waals surface area contributed by atoms with Crippen LogP contribution in [0.2, 0.25) is 0 Å². The molecular weight excluding hydrogens is 224 g/mol. The van der Waals surface area contributed by atoms with Crippen molar-refractivity contribution in [2.45, 2.75) is 24.4 Å². The minimum Gasteiger partial charge on any atom is -0.480 e. The van der Waals surface area contributed by atoms with Crippen LogP contribution in [0.3, 0.4) is 0 Å². The van der Waals surface area contributed by atoms with Gasteiger partial charge in [-0.2, -0.15) is 0 Å². The zero-order valence-corrected chi connectivity index (χ0v) is 8.13. The topological polar surface area (TPSA) is 145 Å². The number of aliphatic hydroxyl groups excluding tert-OH is 4. The molecule has 0 aliphatic rings. The Labute approximate surface area is 92.1 Å². The molecular formula is C8H14O8. The number of carbonyl (C=O) groups excluding carboxylic acids is 1. The van der Waals surface area contributed by atoms with Gasteiger partial charge in [-0.3, -0.25) is 0 Å². The summed E-state index contributed by atoms with van der Waals surface area (Å²) in [5.74, 6) is -1.70. The van der Waals surface area contributed by atoms with Gasteiger partial charge in [-0.25, -0.2) is 4.79 Å². The van der Waals surface area contributed by atoms with E-state index in [4.69, 9.17) is 21.8 Å². The van der Waals surface area contributed by atoms with E-state index in [1.165, 1.54) is 0 Å². The Bertz CT molecular complexity index is 260. The van der Waals surface area contributed by atoms with Gasteiger partial charge >= 0.3 is 5.97 Å². The molecule has 0 radical (unpaired) electrons. The van der Waals surface area contributed by atoms with Gasteiger partial charge in [0, 0.05) is 0 Å². The molecule has 16 heavy (non-hydrogen) atoms. The number of hydrogen-bond acceptors (Lipinski definition) is 7. The van der Waals surface area contributed by atoms with Crippen LogP contribution in [0.4, 0.5) is 0 Å². The Kier molecular flexibility index (Phi) is 5.90. The smallest absolute Gasteiger partial charge is 0.329 e. The summed E-state index contributed by atoms with van der Waals surface area (Å²) in [5.41, 5.74) is 0. The Balaban J connectivity index is 4.75. The fraction of sp³-hybridized carbons (Fsp3) is 0.750. The summed E-state index contributed by atoms with van der Waals surface area (Å²) in [6, 6.07) is 0. The third-order valence-corrected chi connectivity index (χ3v) is 1.72. The molecule has 5 atom stereocenters. The molecule has 0 heterocycles. The predicted octanol–water partition coefficient (Wildman–Crippen LogP) is -3.27. The number of carbonyl (C=O) groups is 2. The van der Waals surface area contributed by atoms with Gasteiger partial charge in [0.25, 0.3) is 0 Å². The third-order valence-electron chi connectivity index (χ3n) is 1.72. The number of ether oxygens (including phenoxy) is 1. The summed E-state index contributed by atoms with van der Waals surface area (Å²) in [7, 11) is 0. The number of carboxylic acid groups (broad SMARTS) is 1. The molecule has 8 nitrogen and oxygen atoms in total. The number of aldehydes is 1. The molecule has 0 rings (SSSR count). The van der Waals surface area contributed by atoms with Crippen molar-refractivity contribution in [3.63, 3.8) is 0 Å². The normalized spacial score (nSPS) is 21.4. The molecule has 0 saturated carbocycles. The monoisotopic (exact) mass is 239 g/mol. The van der Waals surface area contributed by atoms with Crippen LogP contribution in [-0.2, 0) is 14.3 Å². The van der Waals surface area contributed by atoms with E-state index in [1.54, 1.807) is 0 Å². The summed E-state index contributed by atoms with van der Waals surface area (Å²) < 4.78 is 11.3. The van der Waals surface area contributed by atoms with Crippen molar-refractivity contribution < 1.29 is 41.2 Å². The van der Waals surface area contributed by atoms with Crippen molar-refractivity contribution >= 4 is 12.3 Å². The van der Waals surface area contributed by atoms with Crippen LogP contribution >= 0.6 is 0 Å². The van der Waals surface area contributed by atoms with E-state index in [9.17, 15) is 14.7 Å². The van der Waals surface area contributed by atoms with E-state index in [2.05, 4.69) is 4.74 Å². The number of carboxylic acids is 1. The zero-order chi connectivity index (χ0) is 13.6. The lowest BCUT2D eigenvalue weighted by molar-refractivity contribution is -0.165. The molecule has 0 fully saturated rings. The van der Waals surface area contributed by atoms with Gasteiger partial charge in [0.15, 0.2) is 6.29 Å². The molecule has 8 heteroatoms. The van der Waals surface area contributed by atoms with Crippen LogP contribution in [0.5, 0.6) is 0 Å². The maximum atomic E-state index is 10.3. The molecule has 0 aromatic heterocycles. The minimum absolute atomic E-state index is 0.0491. The Morgan fingerprint density at radius 3 is 2.38 bits per heavy atom.